The number of nitrogens with one attached hydrogen (secondary N) is 1. The highest BCUT2D eigenvalue weighted by Crippen LogP contribution is 2.41. The Morgan fingerprint density at radius 3 is 2.81 bits per heavy atom. The maximum Gasteiger partial charge on any atom is 0.227 e. The Kier molecular flexibility index (Phi) is 5.26. The molecule has 3 fully saturated rings. The summed E-state index contributed by atoms with van der Waals surface area (Å²) in [5, 5.41) is 4.54. The number of aliphatic imine (C=N–C) groups is 1. The van der Waals surface area contributed by atoms with Gasteiger partial charge in [0.25, 0.3) is 0 Å². The number of rotatable bonds is 5. The minimum Gasteiger partial charge on any atom is -0.403 e. The normalized spacial score (nSPS) is 25.2. The zero-order valence-electron chi connectivity index (χ0n) is 18.2. The highest BCUT2D eigenvalue weighted by Gasteiger charge is 2.42. The average molecular weight is 440 g/mol. The first-order valence-electron chi connectivity index (χ1n) is 11.1. The second-order valence-corrected chi connectivity index (χ2v) is 9.76. The van der Waals surface area contributed by atoms with Gasteiger partial charge in [-0.3, -0.25) is 4.99 Å². The lowest BCUT2D eigenvalue weighted by Gasteiger charge is -2.26. The number of hydrogen-bond acceptors (Lipinski definition) is 7. The molecule has 0 radical (unpaired) electrons. The van der Waals surface area contributed by atoms with Gasteiger partial charge in [0.05, 0.1) is 17.3 Å². The van der Waals surface area contributed by atoms with Crippen molar-refractivity contribution in [2.24, 2.45) is 16.1 Å². The Morgan fingerprint density at radius 1 is 1.29 bits per heavy atom. The van der Waals surface area contributed by atoms with Crippen molar-refractivity contribution in [3.63, 3.8) is 0 Å². The zero-order valence-corrected chi connectivity index (χ0v) is 19.0. The third-order valence-corrected chi connectivity index (χ3v) is 7.09. The van der Waals surface area contributed by atoms with Crippen LogP contribution in [0.3, 0.4) is 0 Å². The number of anilines is 2. The van der Waals surface area contributed by atoms with Gasteiger partial charge < -0.3 is 20.9 Å². The zero-order chi connectivity index (χ0) is 21.6. The van der Waals surface area contributed by atoms with E-state index in [1.807, 2.05) is 6.20 Å². The van der Waals surface area contributed by atoms with Crippen LogP contribution in [0.1, 0.15) is 31.2 Å². The summed E-state index contributed by atoms with van der Waals surface area (Å²) in [6.07, 6.45) is 7.98. The minimum atomic E-state index is 0.315. The van der Waals surface area contributed by atoms with Crippen LogP contribution < -0.4 is 16.0 Å². The number of likely N-dealkylation sites (tertiary alicyclic amines) is 1. The van der Waals surface area contributed by atoms with E-state index >= 15 is 0 Å². The van der Waals surface area contributed by atoms with Gasteiger partial charge in [0.2, 0.25) is 5.95 Å². The lowest BCUT2D eigenvalue weighted by molar-refractivity contribution is 0.312. The lowest BCUT2D eigenvalue weighted by Crippen LogP contribution is -2.29. The van der Waals surface area contributed by atoms with Crippen molar-refractivity contribution in [3.8, 4) is 0 Å². The molecule has 1 atom stereocenters. The Morgan fingerprint density at radius 2 is 2.10 bits per heavy atom. The molecular weight excluding hydrogens is 410 g/mol. The maximum atomic E-state index is 6.33. The molecule has 3 aliphatic rings. The fraction of sp³-hybridized carbons (Fsp3) is 0.522. The molecule has 5 rings (SSSR count). The second-order valence-electron chi connectivity index (χ2n) is 9.41. The molecule has 0 amide bonds. The van der Waals surface area contributed by atoms with Crippen LogP contribution in [-0.4, -0.2) is 59.3 Å². The van der Waals surface area contributed by atoms with Gasteiger partial charge in [-0.2, -0.15) is 0 Å². The molecule has 164 valence electrons. The lowest BCUT2D eigenvalue weighted by atomic mass is 9.86. The van der Waals surface area contributed by atoms with Gasteiger partial charge in [0.15, 0.2) is 0 Å². The molecule has 3 heterocycles. The number of aryl methyl sites for hydroxylation is 1. The fourth-order valence-electron chi connectivity index (χ4n) is 4.93. The van der Waals surface area contributed by atoms with Gasteiger partial charge in [0.1, 0.15) is 5.17 Å². The van der Waals surface area contributed by atoms with Crippen molar-refractivity contribution in [1.29, 1.82) is 0 Å². The highest BCUT2D eigenvalue weighted by molar-refractivity contribution is 6.69. The largest absolute Gasteiger partial charge is 0.403 e. The monoisotopic (exact) mass is 439 g/mol. The molecule has 1 saturated carbocycles. The van der Waals surface area contributed by atoms with Crippen LogP contribution in [-0.2, 0) is 0 Å². The van der Waals surface area contributed by atoms with Crippen LogP contribution in [0.4, 0.5) is 11.6 Å². The summed E-state index contributed by atoms with van der Waals surface area (Å²) in [7, 11) is 2.23. The number of nitrogens with zero attached hydrogens (tertiary/aromatic N) is 5. The van der Waals surface area contributed by atoms with Crippen LogP contribution in [0.25, 0.3) is 10.9 Å². The van der Waals surface area contributed by atoms with Gasteiger partial charge in [-0.25, -0.2) is 9.97 Å². The van der Waals surface area contributed by atoms with E-state index in [1.165, 1.54) is 43.4 Å². The van der Waals surface area contributed by atoms with Crippen molar-refractivity contribution in [1.82, 2.24) is 14.9 Å². The predicted octanol–water partition coefficient (Wildman–Crippen LogP) is 3.48. The van der Waals surface area contributed by atoms with E-state index in [2.05, 4.69) is 51.2 Å². The van der Waals surface area contributed by atoms with E-state index in [-0.39, 0.29) is 0 Å². The topological polar surface area (TPSA) is 82.7 Å². The molecular formula is C23H30ClN7. The Labute approximate surface area is 188 Å². The molecule has 3 N–H and O–H groups in total. The summed E-state index contributed by atoms with van der Waals surface area (Å²) >= 11 is 6.33. The van der Waals surface area contributed by atoms with Crippen LogP contribution in [0, 0.1) is 12.3 Å². The van der Waals surface area contributed by atoms with Gasteiger partial charge >= 0.3 is 0 Å². The molecule has 1 aromatic carbocycles. The van der Waals surface area contributed by atoms with Crippen LogP contribution in [0.5, 0.6) is 0 Å². The number of hydrogen-bond donors (Lipinski definition) is 2. The standard InChI is InChI=1S/C23H30ClN7/c1-15-9-16-12-26-22(29-19(11-25)21(24)27-17-3-4-17)28-18(16)10-20(15)31-8-6-23(14-31)5-7-30(2)13-23/h9-12,17H,3-8,13-14,25H2,1-2H3,(H,26,28,29)/b19-11+,27-21?. The molecule has 2 aliphatic heterocycles. The third kappa shape index (κ3) is 4.21. The summed E-state index contributed by atoms with van der Waals surface area (Å²) in [6, 6.07) is 4.69. The molecule has 2 aromatic rings. The van der Waals surface area contributed by atoms with Gasteiger partial charge in [-0.1, -0.05) is 11.6 Å². The number of nitrogens with two attached hydrogens (primary N) is 1. The predicted molar refractivity (Wildman–Crippen MR) is 128 cm³/mol. The minimum absolute atomic E-state index is 0.315. The molecule has 1 aromatic heterocycles. The van der Waals surface area contributed by atoms with E-state index < -0.39 is 0 Å². The highest BCUT2D eigenvalue weighted by atomic mass is 35.5. The number of allylic oxidation sites excluding steroid dienone is 1. The Balaban J connectivity index is 1.39. The smallest absolute Gasteiger partial charge is 0.227 e. The molecule has 0 bridgehead atoms. The molecule has 1 aliphatic carbocycles. The summed E-state index contributed by atoms with van der Waals surface area (Å²) < 4.78 is 0. The van der Waals surface area contributed by atoms with E-state index in [0.29, 0.717) is 28.3 Å². The number of fused-ring (bicyclic) bond motifs is 1. The summed E-state index contributed by atoms with van der Waals surface area (Å²) in [5.74, 6) is 0.471. The summed E-state index contributed by atoms with van der Waals surface area (Å²) in [6.45, 7) is 6.80. The van der Waals surface area contributed by atoms with E-state index in [4.69, 9.17) is 22.3 Å². The van der Waals surface area contributed by atoms with Crippen molar-refractivity contribution >= 4 is 39.3 Å². The van der Waals surface area contributed by atoms with Crippen LogP contribution >= 0.6 is 11.6 Å². The van der Waals surface area contributed by atoms with Gasteiger partial charge in [0, 0.05) is 48.5 Å². The van der Waals surface area contributed by atoms with E-state index in [9.17, 15) is 0 Å². The number of halogens is 1. The molecule has 7 nitrogen and oxygen atoms in total. The molecule has 31 heavy (non-hydrogen) atoms. The second kappa shape index (κ2) is 7.95. The van der Waals surface area contributed by atoms with Crippen molar-refractivity contribution in [3.05, 3.63) is 35.8 Å². The molecule has 1 unspecified atom stereocenters. The summed E-state index contributed by atoms with van der Waals surface area (Å²) in [4.78, 5) is 18.6. The Bertz CT molecular complexity index is 1060. The fourth-order valence-corrected chi connectivity index (χ4v) is 5.18. The van der Waals surface area contributed by atoms with Gasteiger partial charge in [-0.15, -0.1) is 0 Å². The number of benzene rings is 1. The maximum absolute atomic E-state index is 6.33. The number of aromatic nitrogens is 2. The van der Waals surface area contributed by atoms with Crippen LogP contribution in [0.15, 0.2) is 35.2 Å². The summed E-state index contributed by atoms with van der Waals surface area (Å²) in [5.41, 5.74) is 10.2. The van der Waals surface area contributed by atoms with E-state index in [0.717, 1.165) is 36.8 Å². The molecule has 2 saturated heterocycles. The first kappa shape index (κ1) is 20.5. The van der Waals surface area contributed by atoms with Crippen molar-refractivity contribution in [2.45, 2.75) is 38.6 Å². The Hall–Kier alpha value is -2.38. The first-order valence-corrected chi connectivity index (χ1v) is 11.5. The quantitative estimate of drug-likeness (QED) is 0.694. The van der Waals surface area contributed by atoms with Crippen molar-refractivity contribution < 1.29 is 0 Å². The van der Waals surface area contributed by atoms with Crippen molar-refractivity contribution in [2.75, 3.05) is 43.4 Å². The SMILES string of the molecule is Cc1cc2cnc(N/C(=C/N)C(Cl)=NC3CC3)nc2cc1N1CCC2(CCN(C)C2)C1. The van der Waals surface area contributed by atoms with Crippen LogP contribution in [0.2, 0.25) is 0 Å². The van der Waals surface area contributed by atoms with E-state index in [1.54, 1.807) is 0 Å². The molecule has 8 heteroatoms. The third-order valence-electron chi connectivity index (χ3n) is 6.78. The molecule has 1 spiro atoms. The van der Waals surface area contributed by atoms with Gasteiger partial charge in [-0.05, 0) is 63.9 Å². The first-order chi connectivity index (χ1) is 14.9. The average Bonchev–Trinajstić information content (AvgIpc) is 3.36.